The van der Waals surface area contributed by atoms with E-state index in [1.807, 2.05) is 0 Å². The van der Waals surface area contributed by atoms with E-state index >= 15 is 0 Å². The summed E-state index contributed by atoms with van der Waals surface area (Å²) in [4.78, 5) is 21.1. The third-order valence-electron chi connectivity index (χ3n) is 0.809. The number of amides is 1. The van der Waals surface area contributed by atoms with E-state index in [4.69, 9.17) is 0 Å². The Kier molecular flexibility index (Phi) is 1.72. The quantitative estimate of drug-likeness (QED) is 0.450. The second-order valence-corrected chi connectivity index (χ2v) is 2.26. The van der Waals surface area contributed by atoms with Crippen molar-refractivity contribution in [3.63, 3.8) is 0 Å². The lowest BCUT2D eigenvalue weighted by atomic mass is 10.3. The minimum atomic E-state index is -0.981. The van der Waals surface area contributed by atoms with Crippen molar-refractivity contribution < 1.29 is 9.59 Å². The molecule has 10 heavy (non-hydrogen) atoms. The van der Waals surface area contributed by atoms with E-state index in [1.165, 1.54) is 6.20 Å². The summed E-state index contributed by atoms with van der Waals surface area (Å²) >= 11 is 0.848. The number of hydrogen-bond donors (Lipinski definition) is 1. The Labute approximate surface area is 60.0 Å². The van der Waals surface area contributed by atoms with Crippen molar-refractivity contribution in [1.82, 2.24) is 9.59 Å². The van der Waals surface area contributed by atoms with E-state index in [2.05, 4.69) is 15.3 Å². The Morgan fingerprint density at radius 2 is 2.30 bits per heavy atom. The van der Waals surface area contributed by atoms with Crippen LogP contribution >= 0.6 is 11.5 Å². The fraction of sp³-hybridized carbons (Fsp3) is 0. The fourth-order valence-corrected chi connectivity index (χ4v) is 0.849. The van der Waals surface area contributed by atoms with Gasteiger partial charge in [0, 0.05) is 0 Å². The first kappa shape index (κ1) is 6.81. The van der Waals surface area contributed by atoms with E-state index in [0.717, 1.165) is 11.5 Å². The molecule has 0 aliphatic carbocycles. The molecule has 1 heterocycles. The summed E-state index contributed by atoms with van der Waals surface area (Å²) in [6.07, 6.45) is 1.21. The molecule has 0 atom stereocenters. The predicted molar refractivity (Wildman–Crippen MR) is 33.4 cm³/mol. The third-order valence-corrected chi connectivity index (χ3v) is 1.47. The van der Waals surface area contributed by atoms with Crippen molar-refractivity contribution in [1.29, 1.82) is 0 Å². The number of aromatic nitrogens is 2. The fourth-order valence-electron chi connectivity index (χ4n) is 0.389. The van der Waals surface area contributed by atoms with Gasteiger partial charge in [0.15, 0.2) is 0 Å². The van der Waals surface area contributed by atoms with Gasteiger partial charge < -0.3 is 5.73 Å². The van der Waals surface area contributed by atoms with Crippen LogP contribution in [-0.4, -0.2) is 21.3 Å². The average molecular weight is 157 g/mol. The monoisotopic (exact) mass is 157 g/mol. The van der Waals surface area contributed by atoms with Crippen LogP contribution in [0.4, 0.5) is 0 Å². The Balaban J connectivity index is 2.88. The van der Waals surface area contributed by atoms with Crippen molar-refractivity contribution in [2.45, 2.75) is 0 Å². The Bertz CT molecular complexity index is 255. The number of carbonyl (C=O) groups is 2. The average Bonchev–Trinajstić information content (AvgIpc) is 2.36. The molecule has 0 saturated carbocycles. The molecule has 2 N–H and O–H groups in total. The van der Waals surface area contributed by atoms with Crippen LogP contribution in [0.1, 0.15) is 9.67 Å². The Morgan fingerprint density at radius 3 is 2.70 bits per heavy atom. The summed E-state index contributed by atoms with van der Waals surface area (Å²) < 4.78 is 3.39. The largest absolute Gasteiger partial charge is 0.363 e. The second kappa shape index (κ2) is 2.53. The summed E-state index contributed by atoms with van der Waals surface area (Å²) in [6, 6.07) is 0. The van der Waals surface area contributed by atoms with Crippen LogP contribution in [0, 0.1) is 0 Å². The number of ketones is 1. The van der Waals surface area contributed by atoms with Gasteiger partial charge in [-0.05, 0) is 11.5 Å². The minimum absolute atomic E-state index is 0.174. The van der Waals surface area contributed by atoms with E-state index in [0.29, 0.717) is 0 Å². The van der Waals surface area contributed by atoms with Gasteiger partial charge in [-0.3, -0.25) is 9.59 Å². The summed E-state index contributed by atoms with van der Waals surface area (Å²) in [6.45, 7) is 0. The molecule has 0 radical (unpaired) electrons. The van der Waals surface area contributed by atoms with Gasteiger partial charge in [0.05, 0.1) is 6.20 Å². The molecular formula is C4H3N3O2S. The smallest absolute Gasteiger partial charge is 0.290 e. The highest BCUT2D eigenvalue weighted by atomic mass is 32.1. The van der Waals surface area contributed by atoms with Gasteiger partial charge in [-0.25, -0.2) is 0 Å². The standard InChI is InChI=1S/C4H3N3O2S/c5-4(9)3(8)2-1-6-7-10-2/h1H,(H2,5,9). The zero-order valence-electron chi connectivity index (χ0n) is 4.77. The van der Waals surface area contributed by atoms with Gasteiger partial charge in [-0.15, -0.1) is 5.10 Å². The van der Waals surface area contributed by atoms with E-state index in [9.17, 15) is 9.59 Å². The summed E-state index contributed by atoms with van der Waals surface area (Å²) in [5, 5.41) is 3.37. The van der Waals surface area contributed by atoms with Crippen molar-refractivity contribution in [3.8, 4) is 0 Å². The molecule has 0 unspecified atom stereocenters. The van der Waals surface area contributed by atoms with Crippen molar-refractivity contribution in [2.24, 2.45) is 5.73 Å². The SMILES string of the molecule is NC(=O)C(=O)c1cnns1. The molecule has 0 aliphatic heterocycles. The maximum Gasteiger partial charge on any atom is 0.290 e. The maximum absolute atomic E-state index is 10.7. The lowest BCUT2D eigenvalue weighted by Gasteiger charge is -1.83. The molecule has 1 aromatic heterocycles. The zero-order valence-corrected chi connectivity index (χ0v) is 5.59. The molecule has 1 rings (SSSR count). The molecule has 0 bridgehead atoms. The highest BCUT2D eigenvalue weighted by Crippen LogP contribution is 2.01. The number of carbonyl (C=O) groups excluding carboxylic acids is 2. The van der Waals surface area contributed by atoms with Crippen molar-refractivity contribution in [3.05, 3.63) is 11.1 Å². The molecule has 0 spiro atoms. The van der Waals surface area contributed by atoms with Crippen molar-refractivity contribution in [2.75, 3.05) is 0 Å². The van der Waals surface area contributed by atoms with Crippen molar-refractivity contribution >= 4 is 23.2 Å². The molecular weight excluding hydrogens is 154 g/mol. The molecule has 6 heteroatoms. The zero-order chi connectivity index (χ0) is 7.56. The van der Waals surface area contributed by atoms with Gasteiger partial charge in [0.25, 0.3) is 11.7 Å². The Hall–Kier alpha value is -1.30. The van der Waals surface area contributed by atoms with Crippen LogP contribution in [-0.2, 0) is 4.79 Å². The number of nitrogens with zero attached hydrogens (tertiary/aromatic N) is 2. The number of primary amides is 1. The summed E-state index contributed by atoms with van der Waals surface area (Å²) in [5.74, 6) is -1.72. The number of nitrogens with two attached hydrogens (primary N) is 1. The predicted octanol–water partition coefficient (Wildman–Crippen LogP) is -0.794. The molecule has 0 aliphatic rings. The van der Waals surface area contributed by atoms with Crippen LogP contribution in [0.2, 0.25) is 0 Å². The molecule has 5 nitrogen and oxygen atoms in total. The molecule has 1 aromatic rings. The summed E-state index contributed by atoms with van der Waals surface area (Å²) in [5.41, 5.74) is 4.69. The minimum Gasteiger partial charge on any atom is -0.363 e. The first-order valence-electron chi connectivity index (χ1n) is 2.33. The summed E-state index contributed by atoms with van der Waals surface area (Å²) in [7, 11) is 0. The number of hydrogen-bond acceptors (Lipinski definition) is 5. The van der Waals surface area contributed by atoms with Gasteiger partial charge in [0.1, 0.15) is 4.88 Å². The maximum atomic E-state index is 10.7. The molecule has 52 valence electrons. The lowest BCUT2D eigenvalue weighted by Crippen LogP contribution is -2.22. The van der Waals surface area contributed by atoms with Crippen LogP contribution in [0.5, 0.6) is 0 Å². The van der Waals surface area contributed by atoms with E-state index in [-0.39, 0.29) is 4.88 Å². The van der Waals surface area contributed by atoms with E-state index in [1.54, 1.807) is 0 Å². The normalized spacial score (nSPS) is 9.20. The van der Waals surface area contributed by atoms with Crippen LogP contribution in [0.3, 0.4) is 0 Å². The highest BCUT2D eigenvalue weighted by molar-refractivity contribution is 7.08. The van der Waals surface area contributed by atoms with Crippen LogP contribution in [0.25, 0.3) is 0 Å². The molecule has 1 amide bonds. The van der Waals surface area contributed by atoms with Gasteiger partial charge >= 0.3 is 0 Å². The van der Waals surface area contributed by atoms with Crippen LogP contribution < -0.4 is 5.73 Å². The van der Waals surface area contributed by atoms with Gasteiger partial charge in [0.2, 0.25) is 0 Å². The first-order chi connectivity index (χ1) is 4.72. The van der Waals surface area contributed by atoms with E-state index < -0.39 is 11.7 Å². The highest BCUT2D eigenvalue weighted by Gasteiger charge is 2.13. The van der Waals surface area contributed by atoms with Gasteiger partial charge in [-0.2, -0.15) is 0 Å². The molecule has 0 aromatic carbocycles. The Morgan fingerprint density at radius 1 is 1.60 bits per heavy atom. The topological polar surface area (TPSA) is 85.9 Å². The third kappa shape index (κ3) is 1.16. The first-order valence-corrected chi connectivity index (χ1v) is 3.10. The van der Waals surface area contributed by atoms with Crippen LogP contribution in [0.15, 0.2) is 6.20 Å². The second-order valence-electron chi connectivity index (χ2n) is 1.48. The molecule has 0 fully saturated rings. The number of Topliss-reactive ketones (excluding diaryl/α,β-unsaturated/α-hetero) is 1. The lowest BCUT2D eigenvalue weighted by molar-refractivity contribution is -0.114. The molecule has 0 saturated heterocycles. The van der Waals surface area contributed by atoms with Gasteiger partial charge in [-0.1, -0.05) is 4.49 Å². The number of rotatable bonds is 2.